The molecule has 0 aliphatic carbocycles. The second-order valence-corrected chi connectivity index (χ2v) is 3.58. The van der Waals surface area contributed by atoms with Crippen LogP contribution < -0.4 is 4.74 Å². The summed E-state index contributed by atoms with van der Waals surface area (Å²) >= 11 is 5.84. The number of hydrogen-bond acceptors (Lipinski definition) is 3. The number of hydrogen-bond donors (Lipinski definition) is 0. The predicted molar refractivity (Wildman–Crippen MR) is 52.6 cm³/mol. The quantitative estimate of drug-likeness (QED) is 0.524. The smallest absolute Gasteiger partial charge is 0.235 e. The zero-order valence-electron chi connectivity index (χ0n) is 7.37. The zero-order chi connectivity index (χ0) is 9.97. The fraction of sp³-hybridized carbons (Fsp3) is 0.300. The first kappa shape index (κ1) is 9.25. The van der Waals surface area contributed by atoms with Gasteiger partial charge in [0.25, 0.3) is 0 Å². The van der Waals surface area contributed by atoms with Gasteiger partial charge in [0.1, 0.15) is 18.4 Å². The summed E-state index contributed by atoms with van der Waals surface area (Å²) in [7, 11) is 0. The maximum absolute atomic E-state index is 10.1. The molecule has 0 saturated carbocycles. The van der Waals surface area contributed by atoms with E-state index in [9.17, 15) is 4.79 Å². The van der Waals surface area contributed by atoms with E-state index < -0.39 is 0 Å². The minimum atomic E-state index is -0.126. The summed E-state index contributed by atoms with van der Waals surface area (Å²) in [6, 6.07) is 5.32. The van der Waals surface area contributed by atoms with Crippen molar-refractivity contribution in [2.75, 3.05) is 6.61 Å². The van der Waals surface area contributed by atoms with E-state index in [0.29, 0.717) is 18.1 Å². The van der Waals surface area contributed by atoms with Crippen LogP contribution in [-0.4, -0.2) is 18.7 Å². The maximum atomic E-state index is 10.1. The second kappa shape index (κ2) is 3.82. The summed E-state index contributed by atoms with van der Waals surface area (Å²) in [5, 5.41) is 0.670. The number of nitrogens with zero attached hydrogens (tertiary/aromatic N) is 1. The largest absolute Gasteiger partial charge is 0.491 e. The van der Waals surface area contributed by atoms with E-state index in [4.69, 9.17) is 16.3 Å². The highest BCUT2D eigenvalue weighted by molar-refractivity contribution is 6.30. The summed E-state index contributed by atoms with van der Waals surface area (Å²) in [6.07, 6.45) is 2.23. The van der Waals surface area contributed by atoms with Crippen LogP contribution in [0.1, 0.15) is 5.56 Å². The van der Waals surface area contributed by atoms with Crippen molar-refractivity contribution in [2.45, 2.75) is 12.5 Å². The number of benzene rings is 1. The van der Waals surface area contributed by atoms with Gasteiger partial charge in [-0.25, -0.2) is 4.79 Å². The molecule has 1 heterocycles. The van der Waals surface area contributed by atoms with E-state index in [1.807, 2.05) is 12.1 Å². The van der Waals surface area contributed by atoms with Crippen molar-refractivity contribution in [3.63, 3.8) is 0 Å². The van der Waals surface area contributed by atoms with Crippen LogP contribution in [0.5, 0.6) is 5.75 Å². The first-order valence-corrected chi connectivity index (χ1v) is 4.65. The van der Waals surface area contributed by atoms with Crippen molar-refractivity contribution in [1.82, 2.24) is 0 Å². The Hall–Kier alpha value is -1.31. The van der Waals surface area contributed by atoms with Crippen LogP contribution in [0.3, 0.4) is 0 Å². The third-order valence-electron chi connectivity index (χ3n) is 2.14. The molecule has 0 saturated heterocycles. The van der Waals surface area contributed by atoms with Gasteiger partial charge in [-0.05, 0) is 23.8 Å². The molecule has 14 heavy (non-hydrogen) atoms. The Morgan fingerprint density at radius 3 is 3.21 bits per heavy atom. The molecule has 0 aromatic heterocycles. The van der Waals surface area contributed by atoms with E-state index in [0.717, 1.165) is 11.3 Å². The van der Waals surface area contributed by atoms with E-state index in [-0.39, 0.29) is 6.04 Å². The Morgan fingerprint density at radius 1 is 1.57 bits per heavy atom. The Kier molecular flexibility index (Phi) is 2.53. The third-order valence-corrected chi connectivity index (χ3v) is 2.38. The van der Waals surface area contributed by atoms with Crippen LogP contribution in [0.2, 0.25) is 5.02 Å². The number of fused-ring (bicyclic) bond motifs is 1. The van der Waals surface area contributed by atoms with Crippen molar-refractivity contribution >= 4 is 17.7 Å². The lowest BCUT2D eigenvalue weighted by Crippen LogP contribution is -2.24. The predicted octanol–water partition coefficient (Wildman–Crippen LogP) is 1.98. The fourth-order valence-electron chi connectivity index (χ4n) is 1.50. The SMILES string of the molecule is O=C=NC1COc2ccc(Cl)cc2C1. The topological polar surface area (TPSA) is 38.7 Å². The van der Waals surface area contributed by atoms with Crippen molar-refractivity contribution < 1.29 is 9.53 Å². The summed E-state index contributed by atoms with van der Waals surface area (Å²) in [4.78, 5) is 13.7. The van der Waals surface area contributed by atoms with Crippen molar-refractivity contribution in [1.29, 1.82) is 0 Å². The highest BCUT2D eigenvalue weighted by Crippen LogP contribution is 2.28. The van der Waals surface area contributed by atoms with Crippen molar-refractivity contribution in [3.05, 3.63) is 28.8 Å². The number of rotatable bonds is 1. The van der Waals surface area contributed by atoms with E-state index in [1.54, 1.807) is 12.1 Å². The minimum absolute atomic E-state index is 0.126. The first-order valence-electron chi connectivity index (χ1n) is 4.28. The Bertz CT molecular complexity index is 399. The van der Waals surface area contributed by atoms with Crippen LogP contribution >= 0.6 is 11.6 Å². The van der Waals surface area contributed by atoms with Crippen LogP contribution in [0.25, 0.3) is 0 Å². The van der Waals surface area contributed by atoms with Gasteiger partial charge < -0.3 is 4.74 Å². The van der Waals surface area contributed by atoms with E-state index in [2.05, 4.69) is 4.99 Å². The summed E-state index contributed by atoms with van der Waals surface area (Å²) in [5.41, 5.74) is 0.993. The van der Waals surface area contributed by atoms with Crippen molar-refractivity contribution in [3.8, 4) is 5.75 Å². The normalized spacial score (nSPS) is 19.1. The van der Waals surface area contributed by atoms with Gasteiger partial charge in [0, 0.05) is 11.4 Å². The molecule has 0 N–H and O–H groups in total. The number of isocyanates is 1. The molecular weight excluding hydrogens is 202 g/mol. The lowest BCUT2D eigenvalue weighted by molar-refractivity contribution is 0.264. The van der Waals surface area contributed by atoms with Gasteiger partial charge in [-0.3, -0.25) is 0 Å². The number of halogens is 1. The third kappa shape index (κ3) is 1.79. The van der Waals surface area contributed by atoms with Crippen LogP contribution in [0, 0.1) is 0 Å². The standard InChI is InChI=1S/C10H8ClNO2/c11-8-1-2-10-7(3-8)4-9(5-14-10)12-6-13/h1-3,9H,4-5H2. The zero-order valence-corrected chi connectivity index (χ0v) is 8.12. The molecule has 0 spiro atoms. The first-order chi connectivity index (χ1) is 6.79. The Balaban J connectivity index is 2.28. The van der Waals surface area contributed by atoms with Crippen molar-refractivity contribution in [2.24, 2.45) is 4.99 Å². The highest BCUT2D eigenvalue weighted by atomic mass is 35.5. The summed E-state index contributed by atoms with van der Waals surface area (Å²) < 4.78 is 5.41. The fourth-order valence-corrected chi connectivity index (χ4v) is 1.70. The molecule has 1 aromatic rings. The second-order valence-electron chi connectivity index (χ2n) is 3.14. The average Bonchev–Trinajstić information content (AvgIpc) is 2.17. The molecule has 72 valence electrons. The molecule has 3 nitrogen and oxygen atoms in total. The number of aliphatic imine (C=N–C) groups is 1. The monoisotopic (exact) mass is 209 g/mol. The van der Waals surface area contributed by atoms with Crippen LogP contribution in [0.15, 0.2) is 23.2 Å². The molecule has 0 radical (unpaired) electrons. The van der Waals surface area contributed by atoms with Crippen LogP contribution in [-0.2, 0) is 11.2 Å². The van der Waals surface area contributed by atoms with Crippen LogP contribution in [0.4, 0.5) is 0 Å². The average molecular weight is 210 g/mol. The highest BCUT2D eigenvalue weighted by Gasteiger charge is 2.19. The molecule has 1 aliphatic rings. The van der Waals surface area contributed by atoms with Gasteiger partial charge in [-0.1, -0.05) is 11.6 Å². The lowest BCUT2D eigenvalue weighted by atomic mass is 10.0. The van der Waals surface area contributed by atoms with Gasteiger partial charge in [0.2, 0.25) is 6.08 Å². The molecule has 0 bridgehead atoms. The van der Waals surface area contributed by atoms with E-state index >= 15 is 0 Å². The molecule has 1 aromatic carbocycles. The maximum Gasteiger partial charge on any atom is 0.235 e. The number of carbonyl (C=O) groups excluding carboxylic acids is 1. The molecule has 0 amide bonds. The minimum Gasteiger partial charge on any atom is -0.491 e. The number of ether oxygens (including phenoxy) is 1. The molecular formula is C10H8ClNO2. The van der Waals surface area contributed by atoms with Gasteiger partial charge in [-0.2, -0.15) is 4.99 Å². The summed E-state index contributed by atoms with van der Waals surface area (Å²) in [6.45, 7) is 0.434. The van der Waals surface area contributed by atoms with E-state index in [1.165, 1.54) is 0 Å². The van der Waals surface area contributed by atoms with Gasteiger partial charge in [-0.15, -0.1) is 0 Å². The molecule has 1 atom stereocenters. The lowest BCUT2D eigenvalue weighted by Gasteiger charge is -2.21. The van der Waals surface area contributed by atoms with Gasteiger partial charge >= 0.3 is 0 Å². The van der Waals surface area contributed by atoms with Gasteiger partial charge in [0.05, 0.1) is 0 Å². The molecule has 4 heteroatoms. The Labute approximate surface area is 86.4 Å². The summed E-state index contributed by atoms with van der Waals surface area (Å²) in [5.74, 6) is 0.826. The molecule has 1 aliphatic heterocycles. The van der Waals surface area contributed by atoms with Gasteiger partial charge in [0.15, 0.2) is 0 Å². The molecule has 1 unspecified atom stereocenters. The molecule has 2 rings (SSSR count). The Morgan fingerprint density at radius 2 is 2.43 bits per heavy atom. The molecule has 0 fully saturated rings.